The van der Waals surface area contributed by atoms with Gasteiger partial charge in [-0.25, -0.2) is 13.1 Å². The van der Waals surface area contributed by atoms with Crippen molar-refractivity contribution < 1.29 is 8.42 Å². The van der Waals surface area contributed by atoms with Gasteiger partial charge in [-0.1, -0.05) is 67.9 Å². The lowest BCUT2D eigenvalue weighted by Crippen LogP contribution is -2.20. The van der Waals surface area contributed by atoms with Crippen LogP contribution in [0.25, 0.3) is 0 Å². The standard InChI is InChI=1S/C7H9N3.C6H6.C4H11NO2S/c8-7(9)10-6-4-2-1-3-5-6;1-2-4-6-5-3-1;1-2-3-4-5-8(6)7/h1-5H,(H4,8,9,10);1-6H;8H,2-4H2,1H3,(H,5,6,7). The molecule has 2 aromatic rings. The number of benzene rings is 2. The van der Waals surface area contributed by atoms with Crippen LogP contribution < -0.4 is 15.8 Å². The molecule has 0 saturated carbocycles. The number of hydrogen-bond donors (Lipinski definition) is 5. The smallest absolute Gasteiger partial charge is 0.201 e. The molecule has 0 aliphatic carbocycles. The highest BCUT2D eigenvalue weighted by atomic mass is 32.2. The first-order chi connectivity index (χ1) is 11.6. The van der Waals surface area contributed by atoms with Crippen LogP contribution in [0.2, 0.25) is 0 Å². The molecule has 6 nitrogen and oxygen atoms in total. The zero-order valence-corrected chi connectivity index (χ0v) is 14.7. The molecule has 0 amide bonds. The fourth-order valence-corrected chi connectivity index (χ4v) is 1.75. The highest BCUT2D eigenvalue weighted by Gasteiger charge is 1.87. The molecule has 2 aromatic carbocycles. The van der Waals surface area contributed by atoms with Gasteiger partial charge < -0.3 is 11.1 Å². The Balaban J connectivity index is 0.000000342. The lowest BCUT2D eigenvalue weighted by molar-refractivity contribution is 0.598. The van der Waals surface area contributed by atoms with Gasteiger partial charge in [0, 0.05) is 12.2 Å². The molecule has 0 bridgehead atoms. The first-order valence-corrected chi connectivity index (χ1v) is 8.78. The highest BCUT2D eigenvalue weighted by molar-refractivity contribution is 7.70. The molecule has 0 aliphatic heterocycles. The van der Waals surface area contributed by atoms with Gasteiger partial charge in [0.15, 0.2) is 5.96 Å². The minimum Gasteiger partial charge on any atom is -0.370 e. The molecule has 2 rings (SSSR count). The average Bonchev–Trinajstić information content (AvgIpc) is 2.58. The van der Waals surface area contributed by atoms with Gasteiger partial charge in [-0.3, -0.25) is 5.41 Å². The van der Waals surface area contributed by atoms with Gasteiger partial charge in [0.05, 0.1) is 0 Å². The van der Waals surface area contributed by atoms with Crippen LogP contribution in [0.5, 0.6) is 0 Å². The molecular weight excluding hydrogens is 324 g/mol. The van der Waals surface area contributed by atoms with Gasteiger partial charge in [-0.05, 0) is 18.6 Å². The Bertz CT molecular complexity index is 570. The molecule has 0 atom stereocenters. The number of nitrogens with one attached hydrogen (secondary N) is 3. The van der Waals surface area contributed by atoms with Crippen LogP contribution in [-0.4, -0.2) is 20.9 Å². The largest absolute Gasteiger partial charge is 0.370 e. The Kier molecular flexibility index (Phi) is 14.0. The van der Waals surface area contributed by atoms with E-state index in [-0.39, 0.29) is 5.96 Å². The van der Waals surface area contributed by atoms with Crippen molar-refractivity contribution in [2.24, 2.45) is 5.73 Å². The van der Waals surface area contributed by atoms with Crippen molar-refractivity contribution in [2.45, 2.75) is 19.8 Å². The maximum absolute atomic E-state index is 9.80. The van der Waals surface area contributed by atoms with Crippen molar-refractivity contribution in [3.8, 4) is 0 Å². The van der Waals surface area contributed by atoms with Crippen molar-refractivity contribution in [3.05, 3.63) is 66.7 Å². The van der Waals surface area contributed by atoms with E-state index in [0.29, 0.717) is 6.54 Å². The Morgan fingerprint density at radius 3 is 1.83 bits per heavy atom. The summed E-state index contributed by atoms with van der Waals surface area (Å²) in [6.45, 7) is 2.59. The molecule has 0 unspecified atom stereocenters. The van der Waals surface area contributed by atoms with Crippen molar-refractivity contribution in [1.29, 1.82) is 5.41 Å². The van der Waals surface area contributed by atoms with E-state index in [0.717, 1.165) is 18.5 Å². The van der Waals surface area contributed by atoms with E-state index in [9.17, 15) is 8.42 Å². The maximum atomic E-state index is 9.80. The number of anilines is 1. The van der Waals surface area contributed by atoms with E-state index in [4.69, 9.17) is 11.1 Å². The molecule has 5 N–H and O–H groups in total. The summed E-state index contributed by atoms with van der Waals surface area (Å²) in [5.74, 6) is -0.0359. The van der Waals surface area contributed by atoms with Crippen LogP contribution in [0.1, 0.15) is 19.8 Å². The predicted molar refractivity (Wildman–Crippen MR) is 102 cm³/mol. The first kappa shape index (κ1) is 21.6. The van der Waals surface area contributed by atoms with E-state index in [2.05, 4.69) is 10.0 Å². The number of para-hydroxylation sites is 1. The van der Waals surface area contributed by atoms with Crippen LogP contribution >= 0.6 is 0 Å². The van der Waals surface area contributed by atoms with Gasteiger partial charge in [-0.2, -0.15) is 0 Å². The fourth-order valence-electron chi connectivity index (χ4n) is 1.41. The molecule has 0 heterocycles. The van der Waals surface area contributed by atoms with E-state index >= 15 is 0 Å². The number of unbranched alkanes of at least 4 members (excludes halogenated alkanes) is 1. The summed E-state index contributed by atoms with van der Waals surface area (Å²) in [7, 11) is -2.36. The SMILES string of the molecule is CCCCN[SH](=O)=O.N=C(N)Nc1ccccc1.c1ccccc1. The van der Waals surface area contributed by atoms with Crippen LogP contribution in [-0.2, 0) is 10.9 Å². The normalized spacial score (nSPS) is 9.08. The van der Waals surface area contributed by atoms with Crippen LogP contribution in [0, 0.1) is 5.41 Å². The molecule has 0 saturated heterocycles. The second-order valence-corrected chi connectivity index (χ2v) is 5.41. The lowest BCUT2D eigenvalue weighted by Gasteiger charge is -2.00. The number of hydrogen-bond acceptors (Lipinski definition) is 3. The predicted octanol–water partition coefficient (Wildman–Crippen LogP) is 2.58. The van der Waals surface area contributed by atoms with E-state index in [1.807, 2.05) is 73.7 Å². The second-order valence-electron chi connectivity index (χ2n) is 4.58. The highest BCUT2D eigenvalue weighted by Crippen LogP contribution is 2.02. The molecule has 7 heteroatoms. The number of guanidine groups is 1. The fraction of sp³-hybridized carbons (Fsp3) is 0.235. The molecular formula is C17H26N4O2S. The Labute approximate surface area is 145 Å². The molecule has 0 radical (unpaired) electrons. The van der Waals surface area contributed by atoms with Crippen LogP contribution in [0.15, 0.2) is 66.7 Å². The molecule has 0 aliphatic rings. The minimum absolute atomic E-state index is 0.0359. The van der Waals surface area contributed by atoms with Crippen LogP contribution in [0.4, 0.5) is 5.69 Å². The topological polar surface area (TPSA) is 108 Å². The summed E-state index contributed by atoms with van der Waals surface area (Å²) in [5, 5.41) is 9.56. The van der Waals surface area contributed by atoms with Crippen LogP contribution in [0.3, 0.4) is 0 Å². The Morgan fingerprint density at radius 1 is 1.00 bits per heavy atom. The summed E-state index contributed by atoms with van der Waals surface area (Å²) in [6, 6.07) is 21.4. The maximum Gasteiger partial charge on any atom is 0.201 e. The van der Waals surface area contributed by atoms with E-state index < -0.39 is 10.9 Å². The molecule has 0 aromatic heterocycles. The zero-order valence-electron chi connectivity index (χ0n) is 13.8. The van der Waals surface area contributed by atoms with Crippen molar-refractivity contribution in [3.63, 3.8) is 0 Å². The number of nitrogens with two attached hydrogens (primary N) is 1. The molecule has 0 spiro atoms. The minimum atomic E-state index is -2.36. The number of rotatable bonds is 5. The average molecular weight is 350 g/mol. The molecule has 24 heavy (non-hydrogen) atoms. The van der Waals surface area contributed by atoms with Crippen molar-refractivity contribution in [1.82, 2.24) is 4.72 Å². The second kappa shape index (κ2) is 15.5. The Morgan fingerprint density at radius 2 is 1.46 bits per heavy atom. The summed E-state index contributed by atoms with van der Waals surface area (Å²) in [6.07, 6.45) is 1.94. The van der Waals surface area contributed by atoms with Gasteiger partial charge >= 0.3 is 0 Å². The molecule has 0 fully saturated rings. The van der Waals surface area contributed by atoms with Gasteiger partial charge in [0.1, 0.15) is 0 Å². The van der Waals surface area contributed by atoms with Gasteiger partial charge in [0.2, 0.25) is 10.9 Å². The molecule has 132 valence electrons. The quantitative estimate of drug-likeness (QED) is 0.247. The third-order valence-corrected chi connectivity index (χ3v) is 2.97. The first-order valence-electron chi connectivity index (χ1n) is 7.60. The van der Waals surface area contributed by atoms with E-state index in [1.165, 1.54) is 0 Å². The third-order valence-electron chi connectivity index (χ3n) is 2.49. The summed E-state index contributed by atoms with van der Waals surface area (Å²) in [4.78, 5) is 0. The summed E-state index contributed by atoms with van der Waals surface area (Å²) < 4.78 is 21.9. The zero-order chi connectivity index (χ0) is 18.0. The van der Waals surface area contributed by atoms with Gasteiger partial charge in [-0.15, -0.1) is 0 Å². The Hall–Kier alpha value is -2.38. The lowest BCUT2D eigenvalue weighted by atomic mass is 10.3. The monoisotopic (exact) mass is 350 g/mol. The van der Waals surface area contributed by atoms with E-state index in [1.54, 1.807) is 0 Å². The van der Waals surface area contributed by atoms with Crippen molar-refractivity contribution in [2.75, 3.05) is 11.9 Å². The third kappa shape index (κ3) is 16.0. The summed E-state index contributed by atoms with van der Waals surface area (Å²) in [5.41, 5.74) is 5.94. The summed E-state index contributed by atoms with van der Waals surface area (Å²) >= 11 is 0. The van der Waals surface area contributed by atoms with Gasteiger partial charge in [0.25, 0.3) is 0 Å². The van der Waals surface area contributed by atoms with Crippen molar-refractivity contribution >= 4 is 22.5 Å². The number of thiol groups is 1.